The average molecular weight is 256 g/mol. The highest BCUT2D eigenvalue weighted by Crippen LogP contribution is 2.30. The first-order valence-electron chi connectivity index (χ1n) is 5.67. The zero-order chi connectivity index (χ0) is 12.8. The summed E-state index contributed by atoms with van der Waals surface area (Å²) in [5, 5.41) is 0. The molecule has 3 heterocycles. The van der Waals surface area contributed by atoms with E-state index in [-0.39, 0.29) is 25.9 Å². The van der Waals surface area contributed by atoms with Gasteiger partial charge in [0.15, 0.2) is 11.5 Å². The maximum Gasteiger partial charge on any atom is 0.251 e. The van der Waals surface area contributed by atoms with E-state index in [2.05, 4.69) is 9.97 Å². The van der Waals surface area contributed by atoms with Crippen LogP contribution in [0.3, 0.4) is 0 Å². The van der Waals surface area contributed by atoms with Crippen molar-refractivity contribution in [3.05, 3.63) is 24.5 Å². The second-order valence-electron chi connectivity index (χ2n) is 4.37. The Morgan fingerprint density at radius 2 is 1.89 bits per heavy atom. The molecule has 1 saturated heterocycles. The Kier molecular flexibility index (Phi) is 2.42. The van der Waals surface area contributed by atoms with Crippen LogP contribution in [0, 0.1) is 5.95 Å². The number of piperidine rings is 1. The molecule has 0 aromatic carbocycles. The predicted molar refractivity (Wildman–Crippen MR) is 59.3 cm³/mol. The molecule has 0 aliphatic carbocycles. The van der Waals surface area contributed by atoms with E-state index in [1.54, 1.807) is 4.90 Å². The number of hydrogen-bond acceptors (Lipinski definition) is 3. The largest absolute Gasteiger partial charge is 0.353 e. The summed E-state index contributed by atoms with van der Waals surface area (Å²) < 4.78 is 40.8. The summed E-state index contributed by atoms with van der Waals surface area (Å²) in [5.74, 6) is -2.64. The molecular formula is C11H11F3N4. The van der Waals surface area contributed by atoms with Crippen LogP contribution in [0.4, 0.5) is 19.0 Å². The van der Waals surface area contributed by atoms with Crippen LogP contribution in [0.1, 0.15) is 12.8 Å². The Morgan fingerprint density at radius 1 is 1.17 bits per heavy atom. The topological polar surface area (TPSA) is 33.4 Å². The van der Waals surface area contributed by atoms with Crippen LogP contribution >= 0.6 is 0 Å². The van der Waals surface area contributed by atoms with Gasteiger partial charge in [-0.2, -0.15) is 4.39 Å². The van der Waals surface area contributed by atoms with Gasteiger partial charge in [0.05, 0.1) is 6.20 Å². The number of halogens is 3. The van der Waals surface area contributed by atoms with Crippen molar-refractivity contribution in [2.24, 2.45) is 0 Å². The zero-order valence-electron chi connectivity index (χ0n) is 9.48. The van der Waals surface area contributed by atoms with Crippen molar-refractivity contribution in [1.29, 1.82) is 0 Å². The average Bonchev–Trinajstić information content (AvgIpc) is 2.72. The molecule has 1 aliphatic heterocycles. The Balaban J connectivity index is 1.95. The third kappa shape index (κ3) is 1.79. The standard InChI is InChI=1S/C11H11F3N4/c12-8-7-16-10-9(15-3-6-18(8)10)17-4-1-11(13,14)2-5-17/h3,6-7H,1-2,4-5H2. The number of imidazole rings is 1. The molecule has 0 amide bonds. The molecule has 0 radical (unpaired) electrons. The first-order valence-corrected chi connectivity index (χ1v) is 5.67. The molecule has 1 fully saturated rings. The number of nitrogens with zero attached hydrogens (tertiary/aromatic N) is 4. The molecule has 1 aliphatic rings. The van der Waals surface area contributed by atoms with Gasteiger partial charge in [0, 0.05) is 38.3 Å². The van der Waals surface area contributed by atoms with Gasteiger partial charge < -0.3 is 4.90 Å². The van der Waals surface area contributed by atoms with E-state index in [4.69, 9.17) is 0 Å². The fourth-order valence-corrected chi connectivity index (χ4v) is 2.14. The molecule has 0 bridgehead atoms. The summed E-state index contributed by atoms with van der Waals surface area (Å²) in [5.41, 5.74) is 0.361. The highest BCUT2D eigenvalue weighted by atomic mass is 19.3. The van der Waals surface area contributed by atoms with Gasteiger partial charge in [-0.1, -0.05) is 0 Å². The van der Waals surface area contributed by atoms with Crippen molar-refractivity contribution in [1.82, 2.24) is 14.4 Å². The fraction of sp³-hybridized carbons (Fsp3) is 0.455. The molecule has 0 spiro atoms. The van der Waals surface area contributed by atoms with Gasteiger partial charge in [0.25, 0.3) is 5.92 Å². The van der Waals surface area contributed by atoms with Crippen molar-refractivity contribution in [2.75, 3.05) is 18.0 Å². The highest BCUT2D eigenvalue weighted by Gasteiger charge is 2.35. The normalized spacial score (nSPS) is 19.4. The summed E-state index contributed by atoms with van der Waals surface area (Å²) in [6.45, 7) is 0.405. The van der Waals surface area contributed by atoms with E-state index in [0.717, 1.165) is 6.20 Å². The minimum absolute atomic E-state index is 0.203. The lowest BCUT2D eigenvalue weighted by molar-refractivity contribution is -0.0221. The molecule has 0 atom stereocenters. The van der Waals surface area contributed by atoms with Crippen LogP contribution in [0.5, 0.6) is 0 Å². The molecule has 2 aromatic heterocycles. The molecule has 96 valence electrons. The van der Waals surface area contributed by atoms with Crippen LogP contribution in [-0.4, -0.2) is 33.4 Å². The summed E-state index contributed by atoms with van der Waals surface area (Å²) in [4.78, 5) is 9.77. The summed E-state index contributed by atoms with van der Waals surface area (Å²) in [6.07, 6.45) is 3.58. The van der Waals surface area contributed by atoms with Gasteiger partial charge in [0.2, 0.25) is 5.95 Å². The minimum Gasteiger partial charge on any atom is -0.353 e. The SMILES string of the molecule is Fc1cnc2c(N3CCC(F)(F)CC3)nccn12. The molecule has 0 N–H and O–H groups in total. The summed E-state index contributed by atoms with van der Waals surface area (Å²) >= 11 is 0. The van der Waals surface area contributed by atoms with E-state index in [1.807, 2.05) is 0 Å². The lowest BCUT2D eigenvalue weighted by Crippen LogP contribution is -2.40. The third-order valence-corrected chi connectivity index (χ3v) is 3.16. The van der Waals surface area contributed by atoms with Crippen LogP contribution in [0.2, 0.25) is 0 Å². The molecule has 3 rings (SSSR count). The van der Waals surface area contributed by atoms with Crippen LogP contribution in [-0.2, 0) is 0 Å². The van der Waals surface area contributed by atoms with E-state index in [1.165, 1.54) is 16.8 Å². The molecule has 7 heteroatoms. The maximum atomic E-state index is 13.4. The first-order chi connectivity index (χ1) is 8.57. The van der Waals surface area contributed by atoms with Crippen LogP contribution in [0.15, 0.2) is 18.6 Å². The second-order valence-corrected chi connectivity index (χ2v) is 4.37. The summed E-state index contributed by atoms with van der Waals surface area (Å²) in [6, 6.07) is 0. The predicted octanol–water partition coefficient (Wildman–Crippen LogP) is 2.10. The van der Waals surface area contributed by atoms with Gasteiger partial charge in [-0.05, 0) is 0 Å². The highest BCUT2D eigenvalue weighted by molar-refractivity contribution is 5.64. The van der Waals surface area contributed by atoms with Crippen molar-refractivity contribution in [2.45, 2.75) is 18.8 Å². The first kappa shape index (κ1) is 11.3. The molecule has 4 nitrogen and oxygen atoms in total. The van der Waals surface area contributed by atoms with E-state index in [0.29, 0.717) is 11.5 Å². The number of rotatable bonds is 1. The quantitative estimate of drug-likeness (QED) is 0.783. The monoisotopic (exact) mass is 256 g/mol. The van der Waals surface area contributed by atoms with Crippen molar-refractivity contribution in [3.63, 3.8) is 0 Å². The van der Waals surface area contributed by atoms with Crippen molar-refractivity contribution < 1.29 is 13.2 Å². The van der Waals surface area contributed by atoms with Crippen molar-refractivity contribution in [3.8, 4) is 0 Å². The number of anilines is 1. The van der Waals surface area contributed by atoms with Gasteiger partial charge in [0.1, 0.15) is 0 Å². The number of hydrogen-bond donors (Lipinski definition) is 0. The molecular weight excluding hydrogens is 245 g/mol. The molecule has 18 heavy (non-hydrogen) atoms. The number of aromatic nitrogens is 3. The van der Waals surface area contributed by atoms with E-state index < -0.39 is 11.9 Å². The number of alkyl halides is 2. The minimum atomic E-state index is -2.61. The van der Waals surface area contributed by atoms with Gasteiger partial charge in [-0.15, -0.1) is 0 Å². The van der Waals surface area contributed by atoms with Gasteiger partial charge in [-0.3, -0.25) is 4.40 Å². The Labute approximate surface area is 101 Å². The lowest BCUT2D eigenvalue weighted by atomic mass is 10.1. The number of fused-ring (bicyclic) bond motifs is 1. The van der Waals surface area contributed by atoms with Gasteiger partial charge >= 0.3 is 0 Å². The van der Waals surface area contributed by atoms with Gasteiger partial charge in [-0.25, -0.2) is 18.7 Å². The summed E-state index contributed by atoms with van der Waals surface area (Å²) in [7, 11) is 0. The Hall–Kier alpha value is -1.79. The molecule has 0 saturated carbocycles. The van der Waals surface area contributed by atoms with Crippen LogP contribution in [0.25, 0.3) is 5.65 Å². The van der Waals surface area contributed by atoms with E-state index in [9.17, 15) is 13.2 Å². The van der Waals surface area contributed by atoms with Crippen LogP contribution < -0.4 is 4.90 Å². The fourth-order valence-electron chi connectivity index (χ4n) is 2.14. The maximum absolute atomic E-state index is 13.4. The Morgan fingerprint density at radius 3 is 2.61 bits per heavy atom. The molecule has 2 aromatic rings. The second kappa shape index (κ2) is 3.86. The smallest absolute Gasteiger partial charge is 0.251 e. The lowest BCUT2D eigenvalue weighted by Gasteiger charge is -2.32. The zero-order valence-corrected chi connectivity index (χ0v) is 9.48. The third-order valence-electron chi connectivity index (χ3n) is 3.16. The van der Waals surface area contributed by atoms with E-state index >= 15 is 0 Å². The van der Waals surface area contributed by atoms with Crippen molar-refractivity contribution >= 4 is 11.5 Å². The Bertz CT molecular complexity index is 571. The molecule has 0 unspecified atom stereocenters.